The summed E-state index contributed by atoms with van der Waals surface area (Å²) in [5.41, 5.74) is 7.64. The van der Waals surface area contributed by atoms with Crippen molar-refractivity contribution in [3.63, 3.8) is 0 Å². The monoisotopic (exact) mass is 676 g/mol. The first kappa shape index (κ1) is 33.8. The fourth-order valence-electron chi connectivity index (χ4n) is 8.08. The van der Waals surface area contributed by atoms with E-state index >= 15 is 4.39 Å². The van der Waals surface area contributed by atoms with Crippen molar-refractivity contribution in [3.05, 3.63) is 64.1 Å². The summed E-state index contributed by atoms with van der Waals surface area (Å²) in [7, 11) is 5.75. The van der Waals surface area contributed by atoms with Crippen molar-refractivity contribution in [2.24, 2.45) is 4.99 Å². The molecule has 0 spiro atoms. The molecule has 3 aliphatic heterocycles. The third-order valence-electron chi connectivity index (χ3n) is 11.3. The lowest BCUT2D eigenvalue weighted by molar-refractivity contribution is -0.130. The fourth-order valence-corrected chi connectivity index (χ4v) is 8.08. The molecule has 4 aromatic rings. The molecule has 5 heterocycles. The second-order valence-corrected chi connectivity index (χ2v) is 14.6. The minimum atomic E-state index is -0.339. The first-order valence-electron chi connectivity index (χ1n) is 17.4. The standard InChI is InChI=1S/C39H45FN8O2/c1-23-15-26-18-42-19-30(26)34(25(23)3)33-24(2)16-29-36(35(33)40)44-38(46-21-39(4,22-46)45(5)6)31-20-43-48(37(29)31)28-11-13-47(27(17-28)10-12-41)32(49)9-8-14-50-7/h8-9,15-16,19-20,27-28H,10-11,13-14,17-18,21-22H2,1-7H3/b9-8+/t27-,28+/m1/s1. The summed E-state index contributed by atoms with van der Waals surface area (Å²) in [6.45, 7) is 11.3. The summed E-state index contributed by atoms with van der Waals surface area (Å²) >= 11 is 0. The maximum atomic E-state index is 17.4. The van der Waals surface area contributed by atoms with E-state index in [9.17, 15) is 10.1 Å². The number of likely N-dealkylation sites (tertiary alicyclic amines) is 1. The lowest BCUT2D eigenvalue weighted by Gasteiger charge is -2.52. The number of anilines is 1. The van der Waals surface area contributed by atoms with Crippen molar-refractivity contribution in [2.75, 3.05) is 52.3 Å². The lowest BCUT2D eigenvalue weighted by atomic mass is 9.86. The molecule has 2 aromatic heterocycles. The molecule has 2 aromatic carbocycles. The third-order valence-corrected chi connectivity index (χ3v) is 11.3. The van der Waals surface area contributed by atoms with Crippen molar-refractivity contribution in [2.45, 2.75) is 71.1 Å². The summed E-state index contributed by atoms with van der Waals surface area (Å²) < 4.78 is 24.5. The summed E-state index contributed by atoms with van der Waals surface area (Å²) in [6.07, 6.45) is 8.38. The molecule has 11 heteroatoms. The van der Waals surface area contributed by atoms with Crippen LogP contribution in [0.25, 0.3) is 32.9 Å². The van der Waals surface area contributed by atoms with Gasteiger partial charge in [-0.15, -0.1) is 0 Å². The number of pyridine rings is 1. The Labute approximate surface area is 292 Å². The van der Waals surface area contributed by atoms with Crippen molar-refractivity contribution in [1.29, 1.82) is 5.26 Å². The van der Waals surface area contributed by atoms with E-state index in [1.165, 1.54) is 6.08 Å². The Morgan fingerprint density at radius 3 is 2.68 bits per heavy atom. The summed E-state index contributed by atoms with van der Waals surface area (Å²) in [5, 5.41) is 16.3. The third kappa shape index (κ3) is 5.46. The zero-order valence-electron chi connectivity index (χ0n) is 30.0. The van der Waals surface area contributed by atoms with Gasteiger partial charge in [-0.05, 0) is 88.5 Å². The Hall–Kier alpha value is -4.66. The number of piperidine rings is 1. The molecule has 0 aliphatic carbocycles. The van der Waals surface area contributed by atoms with Crippen molar-refractivity contribution >= 4 is 39.7 Å². The van der Waals surface area contributed by atoms with E-state index in [1.54, 1.807) is 18.1 Å². The van der Waals surface area contributed by atoms with Crippen LogP contribution in [0.5, 0.6) is 0 Å². The van der Waals surface area contributed by atoms with Gasteiger partial charge in [0.15, 0.2) is 5.82 Å². The summed E-state index contributed by atoms with van der Waals surface area (Å²) in [4.78, 5) is 29.0. The number of nitrogens with zero attached hydrogens (tertiary/aromatic N) is 8. The van der Waals surface area contributed by atoms with E-state index in [2.05, 4.69) is 67.9 Å². The zero-order chi connectivity index (χ0) is 35.5. The number of hydrogen-bond donors (Lipinski definition) is 0. The number of ether oxygens (including phenoxy) is 1. The van der Waals surface area contributed by atoms with E-state index in [0.29, 0.717) is 49.0 Å². The normalized spacial score (nSPS) is 19.9. The first-order chi connectivity index (χ1) is 24.0. The minimum Gasteiger partial charge on any atom is -0.381 e. The maximum Gasteiger partial charge on any atom is 0.246 e. The molecule has 2 saturated heterocycles. The van der Waals surface area contributed by atoms with Gasteiger partial charge < -0.3 is 19.4 Å². The second kappa shape index (κ2) is 12.9. The number of hydrogen-bond acceptors (Lipinski definition) is 8. The van der Waals surface area contributed by atoms with Crippen molar-refractivity contribution in [3.8, 4) is 17.2 Å². The molecule has 0 N–H and O–H groups in total. The largest absolute Gasteiger partial charge is 0.381 e. The van der Waals surface area contributed by atoms with E-state index < -0.39 is 0 Å². The van der Waals surface area contributed by atoms with E-state index in [4.69, 9.17) is 14.8 Å². The molecule has 7 rings (SSSR count). The molecule has 0 saturated carbocycles. The number of fused-ring (bicyclic) bond motifs is 4. The van der Waals surface area contributed by atoms with Crippen LogP contribution in [0, 0.1) is 37.9 Å². The van der Waals surface area contributed by atoms with Crippen LogP contribution in [0.4, 0.5) is 10.2 Å². The molecular weight excluding hydrogens is 631 g/mol. The fraction of sp³-hybridized carbons (Fsp3) is 0.462. The first-order valence-corrected chi connectivity index (χ1v) is 17.4. The number of likely N-dealkylation sites (N-methyl/N-ethyl adjacent to an activating group) is 1. The highest BCUT2D eigenvalue weighted by molar-refractivity contribution is 6.10. The molecule has 0 radical (unpaired) electrons. The SMILES string of the molecule is COC/C=C/C(=O)N1CC[C@H](n2ncc3c(N4CC(C)(N(C)C)C4)nc4c(F)c(-c5c(C)c(C)cc6c5C=NC6)c(C)cc4c32)C[C@H]1CC#N. The maximum absolute atomic E-state index is 17.4. The number of carbonyl (C=O) groups excluding carboxylic acids is 1. The molecule has 0 bridgehead atoms. The quantitative estimate of drug-likeness (QED) is 0.210. The Bertz CT molecular complexity index is 2120. The van der Waals surface area contributed by atoms with Crippen LogP contribution >= 0.6 is 0 Å². The van der Waals surface area contributed by atoms with Gasteiger partial charge in [0, 0.05) is 61.6 Å². The molecule has 2 atom stereocenters. The van der Waals surface area contributed by atoms with Crippen LogP contribution in [-0.4, -0.2) is 95.7 Å². The highest BCUT2D eigenvalue weighted by Gasteiger charge is 2.43. The zero-order valence-corrected chi connectivity index (χ0v) is 30.0. The predicted octanol–water partition coefficient (Wildman–Crippen LogP) is 6.04. The van der Waals surface area contributed by atoms with Gasteiger partial charge in [-0.3, -0.25) is 14.5 Å². The summed E-state index contributed by atoms with van der Waals surface area (Å²) in [5.74, 6) is 0.260. The molecule has 50 heavy (non-hydrogen) atoms. The Morgan fingerprint density at radius 2 is 1.96 bits per heavy atom. The lowest BCUT2D eigenvalue weighted by Crippen LogP contribution is -2.67. The summed E-state index contributed by atoms with van der Waals surface area (Å²) in [6, 6.07) is 6.14. The van der Waals surface area contributed by atoms with Gasteiger partial charge in [0.05, 0.1) is 54.3 Å². The van der Waals surface area contributed by atoms with Crippen LogP contribution in [0.2, 0.25) is 0 Å². The average molecular weight is 677 g/mol. The smallest absolute Gasteiger partial charge is 0.246 e. The van der Waals surface area contributed by atoms with Gasteiger partial charge >= 0.3 is 0 Å². The van der Waals surface area contributed by atoms with Gasteiger partial charge in [-0.1, -0.05) is 12.1 Å². The Balaban J connectivity index is 1.39. The minimum absolute atomic E-state index is 0.0317. The highest BCUT2D eigenvalue weighted by atomic mass is 19.1. The molecule has 2 fully saturated rings. The topological polar surface area (TPSA) is 103 Å². The van der Waals surface area contributed by atoms with Crippen LogP contribution in [0.1, 0.15) is 60.0 Å². The molecule has 260 valence electrons. The predicted molar refractivity (Wildman–Crippen MR) is 195 cm³/mol. The van der Waals surface area contributed by atoms with E-state index in [-0.39, 0.29) is 35.8 Å². The van der Waals surface area contributed by atoms with Gasteiger partial charge in [0.2, 0.25) is 5.91 Å². The molecule has 0 unspecified atom stereocenters. The average Bonchev–Trinajstić information content (AvgIpc) is 3.73. The molecule has 10 nitrogen and oxygen atoms in total. The number of carbonyl (C=O) groups is 1. The number of aliphatic imine (C=N–C) groups is 1. The van der Waals surface area contributed by atoms with Crippen molar-refractivity contribution < 1.29 is 13.9 Å². The van der Waals surface area contributed by atoms with Gasteiger partial charge in [-0.25, -0.2) is 9.37 Å². The number of aryl methyl sites for hydroxylation is 2. The number of nitriles is 1. The highest BCUT2D eigenvalue weighted by Crippen LogP contribution is 2.44. The number of rotatable bonds is 8. The number of halogens is 1. The van der Waals surface area contributed by atoms with Crippen LogP contribution in [0.15, 0.2) is 35.5 Å². The Kier molecular flexibility index (Phi) is 8.73. The van der Waals surface area contributed by atoms with Crippen LogP contribution in [0.3, 0.4) is 0 Å². The van der Waals surface area contributed by atoms with Crippen LogP contribution < -0.4 is 4.90 Å². The van der Waals surface area contributed by atoms with Crippen LogP contribution in [-0.2, 0) is 16.1 Å². The number of aromatic nitrogens is 3. The number of amides is 1. The molecule has 1 amide bonds. The number of methoxy groups -OCH3 is 1. The molecule has 3 aliphatic rings. The number of benzene rings is 2. The van der Waals surface area contributed by atoms with E-state index in [1.807, 2.05) is 24.0 Å². The van der Waals surface area contributed by atoms with E-state index in [0.717, 1.165) is 63.2 Å². The molecular formula is C39H45FN8O2. The van der Waals surface area contributed by atoms with Crippen molar-refractivity contribution in [1.82, 2.24) is 24.6 Å². The van der Waals surface area contributed by atoms with Gasteiger partial charge in [-0.2, -0.15) is 10.4 Å². The van der Waals surface area contributed by atoms with Gasteiger partial charge in [0.25, 0.3) is 0 Å². The second-order valence-electron chi connectivity index (χ2n) is 14.6. The Morgan fingerprint density at radius 1 is 1.18 bits per heavy atom. The van der Waals surface area contributed by atoms with Gasteiger partial charge in [0.1, 0.15) is 11.3 Å².